The molecule has 0 aromatic rings. The Morgan fingerprint density at radius 3 is 1.94 bits per heavy atom. The van der Waals surface area contributed by atoms with Gasteiger partial charge in [0, 0.05) is 6.04 Å². The van der Waals surface area contributed by atoms with Crippen molar-refractivity contribution in [2.45, 2.75) is 58.0 Å². The van der Waals surface area contributed by atoms with Crippen LogP contribution in [-0.4, -0.2) is 47.9 Å². The lowest BCUT2D eigenvalue weighted by atomic mass is 10.6. The normalized spacial score (nSPS) is 24.5. The molecule has 0 aliphatic carbocycles. The van der Waals surface area contributed by atoms with Gasteiger partial charge in [-0.3, -0.25) is 0 Å². The fourth-order valence-corrected chi connectivity index (χ4v) is 12.7. The smallest absolute Gasteiger partial charge is 0.318 e. The van der Waals surface area contributed by atoms with Crippen LogP contribution in [0.15, 0.2) is 0 Å². The SMILES string of the molecule is C[Si](C)(C)O[SiH2]O[Si](C)(CC1CO1)O[Si](C)(C)C. The average molecular weight is 325 g/mol. The highest BCUT2D eigenvalue weighted by atomic mass is 28.5. The van der Waals surface area contributed by atoms with Gasteiger partial charge in [-0.15, -0.1) is 0 Å². The Morgan fingerprint density at radius 2 is 1.56 bits per heavy atom. The van der Waals surface area contributed by atoms with E-state index < -0.39 is 35.2 Å². The third-order valence-corrected chi connectivity index (χ3v) is 14.6. The molecule has 18 heavy (non-hydrogen) atoms. The highest BCUT2D eigenvalue weighted by Crippen LogP contribution is 2.27. The van der Waals surface area contributed by atoms with Crippen molar-refractivity contribution in [3.05, 3.63) is 0 Å². The number of hydrogen-bond acceptors (Lipinski definition) is 4. The summed E-state index contributed by atoms with van der Waals surface area (Å²) in [5.74, 6) is 0. The van der Waals surface area contributed by atoms with Gasteiger partial charge in [-0.05, 0) is 45.8 Å². The van der Waals surface area contributed by atoms with Gasteiger partial charge >= 0.3 is 8.56 Å². The lowest BCUT2D eigenvalue weighted by Gasteiger charge is -2.34. The van der Waals surface area contributed by atoms with Crippen LogP contribution in [0.2, 0.25) is 51.9 Å². The van der Waals surface area contributed by atoms with E-state index in [1.165, 1.54) is 0 Å². The first-order chi connectivity index (χ1) is 7.99. The van der Waals surface area contributed by atoms with Crippen molar-refractivity contribution in [2.24, 2.45) is 0 Å². The Morgan fingerprint density at radius 1 is 1.00 bits per heavy atom. The van der Waals surface area contributed by atoms with E-state index in [1.54, 1.807) is 0 Å². The van der Waals surface area contributed by atoms with E-state index >= 15 is 0 Å². The van der Waals surface area contributed by atoms with E-state index in [0.29, 0.717) is 6.10 Å². The lowest BCUT2D eigenvalue weighted by molar-refractivity contribution is 0.344. The summed E-state index contributed by atoms with van der Waals surface area (Å²) in [5, 5.41) is 0. The zero-order valence-corrected chi connectivity index (χ0v) is 17.2. The van der Waals surface area contributed by atoms with Gasteiger partial charge in [0.2, 0.25) is 0 Å². The summed E-state index contributed by atoms with van der Waals surface area (Å²) >= 11 is 0. The minimum absolute atomic E-state index is 0.374. The number of epoxide rings is 1. The Balaban J connectivity index is 2.48. The molecule has 0 aromatic heterocycles. The van der Waals surface area contributed by atoms with Crippen molar-refractivity contribution in [1.82, 2.24) is 0 Å². The molecule has 1 saturated heterocycles. The summed E-state index contributed by atoms with van der Waals surface area (Å²) in [6.45, 7) is 16.3. The Kier molecular flexibility index (Phi) is 5.58. The lowest BCUT2D eigenvalue weighted by Crippen LogP contribution is -2.50. The van der Waals surface area contributed by atoms with Crippen LogP contribution in [0.5, 0.6) is 0 Å². The van der Waals surface area contributed by atoms with Crippen LogP contribution in [0, 0.1) is 0 Å². The van der Waals surface area contributed by atoms with Gasteiger partial charge in [0.15, 0.2) is 16.6 Å². The Bertz CT molecular complexity index is 272. The van der Waals surface area contributed by atoms with Crippen LogP contribution in [0.25, 0.3) is 0 Å². The molecule has 0 N–H and O–H groups in total. The molecule has 8 heteroatoms. The van der Waals surface area contributed by atoms with E-state index in [1.807, 2.05) is 0 Å². The molecule has 2 atom stereocenters. The molecule has 0 saturated carbocycles. The molecule has 1 heterocycles. The van der Waals surface area contributed by atoms with Crippen molar-refractivity contribution < 1.29 is 17.1 Å². The van der Waals surface area contributed by atoms with Crippen molar-refractivity contribution >= 4 is 35.2 Å². The molecule has 0 aromatic carbocycles. The van der Waals surface area contributed by atoms with Crippen molar-refractivity contribution in [1.29, 1.82) is 0 Å². The third-order valence-electron chi connectivity index (χ3n) is 2.38. The fraction of sp³-hybridized carbons (Fsp3) is 1.00. The molecule has 1 aliphatic rings. The first-order valence-electron chi connectivity index (χ1n) is 6.59. The van der Waals surface area contributed by atoms with E-state index in [9.17, 15) is 0 Å². The number of hydrogen-bond donors (Lipinski definition) is 0. The van der Waals surface area contributed by atoms with Crippen molar-refractivity contribution in [3.63, 3.8) is 0 Å². The standard InChI is InChI=1S/C10H28O4Si4/c1-16(2,3)12-15-13-18(7,9-10-8-11-10)14-17(4,5)6/h10H,8-9,15H2,1-7H3. The fourth-order valence-electron chi connectivity index (χ4n) is 1.71. The Hall–Kier alpha value is 0.708. The summed E-state index contributed by atoms with van der Waals surface area (Å²) in [5.41, 5.74) is 0. The number of ether oxygens (including phenoxy) is 1. The summed E-state index contributed by atoms with van der Waals surface area (Å²) in [4.78, 5) is 0. The van der Waals surface area contributed by atoms with E-state index in [4.69, 9.17) is 17.1 Å². The van der Waals surface area contributed by atoms with Crippen LogP contribution < -0.4 is 0 Å². The van der Waals surface area contributed by atoms with Gasteiger partial charge in [0.05, 0.1) is 12.7 Å². The quantitative estimate of drug-likeness (QED) is 0.507. The predicted molar refractivity (Wildman–Crippen MR) is 84.7 cm³/mol. The minimum atomic E-state index is -2.09. The van der Waals surface area contributed by atoms with E-state index in [0.717, 1.165) is 12.7 Å². The van der Waals surface area contributed by atoms with Gasteiger partial charge in [-0.25, -0.2) is 0 Å². The molecule has 0 radical (unpaired) electrons. The third kappa shape index (κ3) is 7.99. The molecular weight excluding hydrogens is 296 g/mol. The van der Waals surface area contributed by atoms with Gasteiger partial charge < -0.3 is 17.1 Å². The van der Waals surface area contributed by atoms with Crippen LogP contribution in [0.4, 0.5) is 0 Å². The topological polar surface area (TPSA) is 40.2 Å². The summed E-state index contributed by atoms with van der Waals surface area (Å²) in [6, 6.07) is 0.958. The second kappa shape index (κ2) is 6.00. The average Bonchev–Trinajstić information content (AvgIpc) is 2.80. The molecular formula is C10H28O4Si4. The van der Waals surface area contributed by atoms with Crippen LogP contribution in [0.1, 0.15) is 0 Å². The maximum atomic E-state index is 6.34. The molecule has 1 fully saturated rings. The molecule has 0 spiro atoms. The second-order valence-electron chi connectivity index (χ2n) is 7.03. The second-order valence-corrected chi connectivity index (χ2v) is 21.5. The maximum Gasteiger partial charge on any atom is 0.318 e. The van der Waals surface area contributed by atoms with E-state index in [-0.39, 0.29) is 0 Å². The van der Waals surface area contributed by atoms with Gasteiger partial charge in [0.25, 0.3) is 10.0 Å². The Labute approximate surface area is 117 Å². The van der Waals surface area contributed by atoms with Gasteiger partial charge in [-0.2, -0.15) is 0 Å². The van der Waals surface area contributed by atoms with Crippen LogP contribution >= 0.6 is 0 Å². The highest BCUT2D eigenvalue weighted by Gasteiger charge is 2.42. The monoisotopic (exact) mass is 324 g/mol. The van der Waals surface area contributed by atoms with Gasteiger partial charge in [-0.1, -0.05) is 0 Å². The molecule has 108 valence electrons. The predicted octanol–water partition coefficient (Wildman–Crippen LogP) is 2.18. The van der Waals surface area contributed by atoms with Crippen LogP contribution in [0.3, 0.4) is 0 Å². The summed E-state index contributed by atoms with van der Waals surface area (Å²) in [6.07, 6.45) is 0.374. The minimum Gasteiger partial charge on any atom is -0.441 e. The molecule has 4 nitrogen and oxygen atoms in total. The van der Waals surface area contributed by atoms with Gasteiger partial charge in [0.1, 0.15) is 0 Å². The molecule has 0 bridgehead atoms. The summed E-state index contributed by atoms with van der Waals surface area (Å²) < 4.78 is 23.8. The molecule has 1 rings (SSSR count). The molecule has 2 unspecified atom stereocenters. The summed E-state index contributed by atoms with van der Waals surface area (Å²) in [7, 11) is -6.03. The zero-order chi connectivity index (χ0) is 14.0. The van der Waals surface area contributed by atoms with Crippen molar-refractivity contribution in [3.8, 4) is 0 Å². The first kappa shape index (κ1) is 16.8. The molecule has 0 amide bonds. The largest absolute Gasteiger partial charge is 0.441 e. The maximum absolute atomic E-state index is 6.34. The zero-order valence-electron chi connectivity index (χ0n) is 12.8. The highest BCUT2D eigenvalue weighted by molar-refractivity contribution is 6.84. The first-order valence-corrected chi connectivity index (χ1v) is 17.1. The van der Waals surface area contributed by atoms with E-state index in [2.05, 4.69) is 45.8 Å². The van der Waals surface area contributed by atoms with Crippen LogP contribution in [-0.2, 0) is 17.1 Å². The van der Waals surface area contributed by atoms with Crippen molar-refractivity contribution in [2.75, 3.05) is 6.61 Å². The molecule has 1 aliphatic heterocycles. The number of rotatable bonds is 8.